The van der Waals surface area contributed by atoms with Crippen molar-refractivity contribution in [3.8, 4) is 0 Å². The summed E-state index contributed by atoms with van der Waals surface area (Å²) < 4.78 is 13.5. The molecule has 0 saturated heterocycles. The number of benzene rings is 2. The summed E-state index contributed by atoms with van der Waals surface area (Å²) in [5, 5.41) is 13.0. The molecule has 0 spiro atoms. The average Bonchev–Trinajstić information content (AvgIpc) is 2.47. The molecule has 2 aromatic rings. The highest BCUT2D eigenvalue weighted by Gasteiger charge is 2.15. The van der Waals surface area contributed by atoms with E-state index in [9.17, 15) is 19.3 Å². The van der Waals surface area contributed by atoms with Crippen molar-refractivity contribution >= 4 is 17.3 Å². The zero-order chi connectivity index (χ0) is 15.4. The molecule has 0 aliphatic rings. The Balaban J connectivity index is 2.15. The lowest BCUT2D eigenvalue weighted by Gasteiger charge is -2.06. The fourth-order valence-electron chi connectivity index (χ4n) is 1.83. The van der Waals surface area contributed by atoms with Gasteiger partial charge in [0.15, 0.2) is 0 Å². The van der Waals surface area contributed by atoms with Crippen molar-refractivity contribution in [3.63, 3.8) is 0 Å². The van der Waals surface area contributed by atoms with Crippen LogP contribution in [0.15, 0.2) is 42.5 Å². The van der Waals surface area contributed by atoms with Crippen molar-refractivity contribution in [1.82, 2.24) is 0 Å². The van der Waals surface area contributed by atoms with Gasteiger partial charge in [-0.05, 0) is 30.2 Å². The van der Waals surface area contributed by atoms with Gasteiger partial charge >= 0.3 is 5.69 Å². The summed E-state index contributed by atoms with van der Waals surface area (Å²) in [6, 6.07) is 10.3. The molecule has 6 heteroatoms. The molecule has 5 nitrogen and oxygen atoms in total. The van der Waals surface area contributed by atoms with E-state index in [1.807, 2.05) is 19.1 Å². The first kappa shape index (κ1) is 14.6. The Morgan fingerprint density at radius 2 is 1.90 bits per heavy atom. The summed E-state index contributed by atoms with van der Waals surface area (Å²) in [7, 11) is 0. The van der Waals surface area contributed by atoms with E-state index < -0.39 is 22.3 Å². The van der Waals surface area contributed by atoms with Crippen LogP contribution in [0.4, 0.5) is 15.8 Å². The molecule has 2 aromatic carbocycles. The van der Waals surface area contributed by atoms with Gasteiger partial charge in [-0.2, -0.15) is 4.39 Å². The van der Waals surface area contributed by atoms with Gasteiger partial charge in [0.1, 0.15) is 0 Å². The van der Waals surface area contributed by atoms with Gasteiger partial charge in [-0.25, -0.2) is 0 Å². The predicted octanol–water partition coefficient (Wildman–Crippen LogP) is 3.55. The lowest BCUT2D eigenvalue weighted by Crippen LogP contribution is -2.12. The molecule has 0 heterocycles. The van der Waals surface area contributed by atoms with Crippen LogP contribution in [0.1, 0.15) is 22.8 Å². The van der Waals surface area contributed by atoms with Crippen molar-refractivity contribution in [2.24, 2.45) is 0 Å². The number of anilines is 1. The van der Waals surface area contributed by atoms with Crippen molar-refractivity contribution in [3.05, 3.63) is 69.5 Å². The lowest BCUT2D eigenvalue weighted by atomic mass is 10.1. The van der Waals surface area contributed by atoms with Gasteiger partial charge in [-0.3, -0.25) is 14.9 Å². The SMILES string of the molecule is CCc1ccc(C(=O)Nc2ccc([N+](=O)[O-])c(F)c2)cc1. The minimum absolute atomic E-state index is 0.169. The number of nitrogens with one attached hydrogen (secondary N) is 1. The molecule has 0 fully saturated rings. The maximum atomic E-state index is 13.5. The number of amides is 1. The molecule has 0 saturated carbocycles. The summed E-state index contributed by atoms with van der Waals surface area (Å²) in [5.74, 6) is -1.38. The van der Waals surface area contributed by atoms with Gasteiger partial charge in [0.25, 0.3) is 5.91 Å². The van der Waals surface area contributed by atoms with Crippen LogP contribution in [0, 0.1) is 15.9 Å². The zero-order valence-corrected chi connectivity index (χ0v) is 11.3. The Kier molecular flexibility index (Phi) is 4.27. The molecule has 0 unspecified atom stereocenters. The van der Waals surface area contributed by atoms with Crippen LogP contribution < -0.4 is 5.32 Å². The Labute approximate surface area is 120 Å². The molecule has 1 amide bonds. The van der Waals surface area contributed by atoms with Gasteiger partial charge in [0.2, 0.25) is 5.82 Å². The van der Waals surface area contributed by atoms with Gasteiger partial charge < -0.3 is 5.32 Å². The largest absolute Gasteiger partial charge is 0.322 e. The summed E-state index contributed by atoms with van der Waals surface area (Å²) in [6.45, 7) is 2.01. The maximum absolute atomic E-state index is 13.5. The van der Waals surface area contributed by atoms with Crippen LogP contribution in [0.3, 0.4) is 0 Å². The number of aryl methyl sites for hydroxylation is 1. The molecule has 2 rings (SSSR count). The highest BCUT2D eigenvalue weighted by molar-refractivity contribution is 6.04. The first-order valence-electron chi connectivity index (χ1n) is 6.35. The second-order valence-electron chi connectivity index (χ2n) is 4.43. The van der Waals surface area contributed by atoms with E-state index in [2.05, 4.69) is 5.32 Å². The molecule has 0 aliphatic heterocycles. The second-order valence-corrected chi connectivity index (χ2v) is 4.43. The van der Waals surface area contributed by atoms with Crippen molar-refractivity contribution in [2.75, 3.05) is 5.32 Å². The van der Waals surface area contributed by atoms with E-state index in [1.54, 1.807) is 12.1 Å². The predicted molar refractivity (Wildman–Crippen MR) is 76.8 cm³/mol. The topological polar surface area (TPSA) is 72.2 Å². The number of nitrogens with zero attached hydrogens (tertiary/aromatic N) is 1. The Hall–Kier alpha value is -2.76. The van der Waals surface area contributed by atoms with Crippen LogP contribution in [-0.2, 0) is 6.42 Å². The van der Waals surface area contributed by atoms with E-state index in [-0.39, 0.29) is 5.69 Å². The van der Waals surface area contributed by atoms with E-state index in [4.69, 9.17) is 0 Å². The molecule has 0 aliphatic carbocycles. The van der Waals surface area contributed by atoms with Crippen LogP contribution in [-0.4, -0.2) is 10.8 Å². The van der Waals surface area contributed by atoms with Gasteiger partial charge in [0, 0.05) is 23.4 Å². The monoisotopic (exact) mass is 288 g/mol. The zero-order valence-electron chi connectivity index (χ0n) is 11.3. The summed E-state index contributed by atoms with van der Waals surface area (Å²) in [6.07, 6.45) is 0.870. The van der Waals surface area contributed by atoms with E-state index >= 15 is 0 Å². The molecule has 0 bridgehead atoms. The Morgan fingerprint density at radius 1 is 1.24 bits per heavy atom. The number of halogens is 1. The average molecular weight is 288 g/mol. The molecular formula is C15H13FN2O3. The third kappa shape index (κ3) is 3.42. The normalized spacial score (nSPS) is 10.2. The standard InChI is InChI=1S/C15H13FN2O3/c1-2-10-3-5-11(6-4-10)15(19)17-12-7-8-14(18(20)21)13(16)9-12/h3-9H,2H2,1H3,(H,17,19). The summed E-state index contributed by atoms with van der Waals surface area (Å²) in [4.78, 5) is 21.7. The van der Waals surface area contributed by atoms with Crippen LogP contribution in [0.25, 0.3) is 0 Å². The quantitative estimate of drug-likeness (QED) is 0.690. The fourth-order valence-corrected chi connectivity index (χ4v) is 1.83. The molecule has 0 atom stereocenters. The minimum Gasteiger partial charge on any atom is -0.322 e. The molecule has 108 valence electrons. The van der Waals surface area contributed by atoms with E-state index in [0.717, 1.165) is 24.1 Å². The van der Waals surface area contributed by atoms with E-state index in [0.29, 0.717) is 5.56 Å². The number of hydrogen-bond donors (Lipinski definition) is 1. The summed E-state index contributed by atoms with van der Waals surface area (Å²) in [5.41, 5.74) is 1.09. The number of nitro groups is 1. The highest BCUT2D eigenvalue weighted by atomic mass is 19.1. The molecular weight excluding hydrogens is 275 g/mol. The summed E-state index contributed by atoms with van der Waals surface area (Å²) >= 11 is 0. The van der Waals surface area contributed by atoms with Crippen LogP contribution >= 0.6 is 0 Å². The van der Waals surface area contributed by atoms with E-state index in [1.165, 1.54) is 6.07 Å². The first-order valence-corrected chi connectivity index (χ1v) is 6.35. The number of nitro benzene ring substituents is 1. The smallest absolute Gasteiger partial charge is 0.304 e. The Morgan fingerprint density at radius 3 is 2.43 bits per heavy atom. The molecule has 21 heavy (non-hydrogen) atoms. The van der Waals surface area contributed by atoms with Crippen LogP contribution in [0.5, 0.6) is 0 Å². The number of carbonyl (C=O) groups excluding carboxylic acids is 1. The van der Waals surface area contributed by atoms with Crippen molar-refractivity contribution in [1.29, 1.82) is 0 Å². The minimum atomic E-state index is -0.987. The van der Waals surface area contributed by atoms with Crippen molar-refractivity contribution < 1.29 is 14.1 Å². The lowest BCUT2D eigenvalue weighted by molar-refractivity contribution is -0.387. The number of rotatable bonds is 4. The fraction of sp³-hybridized carbons (Fsp3) is 0.133. The van der Waals surface area contributed by atoms with Crippen molar-refractivity contribution in [2.45, 2.75) is 13.3 Å². The molecule has 0 aromatic heterocycles. The first-order chi connectivity index (χ1) is 10.0. The molecule has 1 N–H and O–H groups in total. The third-order valence-electron chi connectivity index (χ3n) is 3.03. The van der Waals surface area contributed by atoms with Crippen LogP contribution in [0.2, 0.25) is 0 Å². The second kappa shape index (κ2) is 6.13. The number of hydrogen-bond acceptors (Lipinski definition) is 3. The highest BCUT2D eigenvalue weighted by Crippen LogP contribution is 2.21. The van der Waals surface area contributed by atoms with Gasteiger partial charge in [-0.1, -0.05) is 19.1 Å². The van der Waals surface area contributed by atoms with Gasteiger partial charge in [-0.15, -0.1) is 0 Å². The maximum Gasteiger partial charge on any atom is 0.304 e. The molecule has 0 radical (unpaired) electrons. The van der Waals surface area contributed by atoms with Gasteiger partial charge in [0.05, 0.1) is 4.92 Å². The Bertz CT molecular complexity index is 684. The third-order valence-corrected chi connectivity index (χ3v) is 3.03. The number of carbonyl (C=O) groups is 1.